The maximum atomic E-state index is 10.5. The van der Waals surface area contributed by atoms with Crippen LogP contribution < -0.4 is 9.64 Å². The molecule has 0 aromatic heterocycles. The lowest BCUT2D eigenvalue weighted by Crippen LogP contribution is -2.49. The third-order valence-corrected chi connectivity index (χ3v) is 5.65. The topological polar surface area (TPSA) is 35.9 Å². The zero-order valence-electron chi connectivity index (χ0n) is 17.4. The lowest BCUT2D eigenvalue weighted by molar-refractivity contribution is 0.0665. The number of rotatable bonds is 7. The molecule has 1 saturated heterocycles. The van der Waals surface area contributed by atoms with E-state index in [2.05, 4.69) is 28.0 Å². The van der Waals surface area contributed by atoms with Crippen LogP contribution in [-0.4, -0.2) is 55.4 Å². The van der Waals surface area contributed by atoms with Gasteiger partial charge in [-0.05, 0) is 29.8 Å². The van der Waals surface area contributed by atoms with E-state index in [0.29, 0.717) is 6.54 Å². The van der Waals surface area contributed by atoms with Gasteiger partial charge in [-0.25, -0.2) is 0 Å². The largest absolute Gasteiger partial charge is 0.490 e. The van der Waals surface area contributed by atoms with Gasteiger partial charge in [-0.15, -0.1) is 12.4 Å². The summed E-state index contributed by atoms with van der Waals surface area (Å²) in [5.74, 6) is 0.800. The highest BCUT2D eigenvalue weighted by Gasteiger charge is 2.20. The molecule has 0 bridgehead atoms. The molecule has 4 rings (SSSR count). The summed E-state index contributed by atoms with van der Waals surface area (Å²) in [6, 6.07) is 26.1. The van der Waals surface area contributed by atoms with E-state index in [1.54, 1.807) is 0 Å². The maximum absolute atomic E-state index is 10.5. The van der Waals surface area contributed by atoms with Gasteiger partial charge in [0.2, 0.25) is 0 Å². The minimum Gasteiger partial charge on any atom is -0.490 e. The highest BCUT2D eigenvalue weighted by Crippen LogP contribution is 2.29. The van der Waals surface area contributed by atoms with Crippen molar-refractivity contribution in [3.05, 3.63) is 83.9 Å². The molecule has 31 heavy (non-hydrogen) atoms. The number of hydrogen-bond acceptors (Lipinski definition) is 4. The first-order valence-corrected chi connectivity index (χ1v) is 10.7. The lowest BCUT2D eigenvalue weighted by atomic mass is 10.1. The van der Waals surface area contributed by atoms with Gasteiger partial charge in [-0.1, -0.05) is 66.2 Å². The lowest BCUT2D eigenvalue weighted by Gasteiger charge is -2.37. The zero-order chi connectivity index (χ0) is 20.8. The van der Waals surface area contributed by atoms with Crippen LogP contribution in [0.2, 0.25) is 5.02 Å². The van der Waals surface area contributed by atoms with Gasteiger partial charge in [0.05, 0.1) is 0 Å². The Hall–Kier alpha value is -2.24. The Balaban J connectivity index is 0.00000272. The molecule has 0 amide bonds. The first-order chi connectivity index (χ1) is 14.7. The minimum absolute atomic E-state index is 0. The SMILES string of the molecule is Cl.OC(COc1ccccc1-c1ccccc1)CN1CCN(c2cccc(Cl)c2)CC1. The number of nitrogens with zero attached hydrogens (tertiary/aromatic N) is 2. The summed E-state index contributed by atoms with van der Waals surface area (Å²) in [4.78, 5) is 4.62. The van der Waals surface area contributed by atoms with Crippen LogP contribution in [0.25, 0.3) is 11.1 Å². The molecule has 0 aliphatic carbocycles. The quantitative estimate of drug-likeness (QED) is 0.540. The van der Waals surface area contributed by atoms with Gasteiger partial charge >= 0.3 is 0 Å². The van der Waals surface area contributed by atoms with Crippen LogP contribution in [0.3, 0.4) is 0 Å². The van der Waals surface area contributed by atoms with Crippen LogP contribution in [0.4, 0.5) is 5.69 Å². The number of para-hydroxylation sites is 1. The first-order valence-electron chi connectivity index (χ1n) is 10.4. The second kappa shape index (κ2) is 11.4. The number of halogens is 2. The normalized spacial score (nSPS) is 15.2. The molecule has 3 aromatic carbocycles. The third-order valence-electron chi connectivity index (χ3n) is 5.42. The standard InChI is InChI=1S/C25H27ClN2O2.ClH/c26-21-9-6-10-22(17-21)28-15-13-27(14-16-28)18-23(29)19-30-25-12-5-4-11-24(25)20-7-2-1-3-8-20;/h1-12,17,23,29H,13-16,18-19H2;1H. The monoisotopic (exact) mass is 458 g/mol. The summed E-state index contributed by atoms with van der Waals surface area (Å²) in [5, 5.41) is 11.3. The maximum Gasteiger partial charge on any atom is 0.127 e. The Morgan fingerprint density at radius 3 is 2.32 bits per heavy atom. The summed E-state index contributed by atoms with van der Waals surface area (Å²) < 4.78 is 6.00. The van der Waals surface area contributed by atoms with Gasteiger partial charge in [-0.3, -0.25) is 4.90 Å². The third kappa shape index (κ3) is 6.37. The molecule has 6 heteroatoms. The number of hydrogen-bond donors (Lipinski definition) is 1. The number of ether oxygens (including phenoxy) is 1. The molecule has 1 atom stereocenters. The highest BCUT2D eigenvalue weighted by molar-refractivity contribution is 6.30. The van der Waals surface area contributed by atoms with Crippen molar-refractivity contribution < 1.29 is 9.84 Å². The van der Waals surface area contributed by atoms with E-state index in [9.17, 15) is 5.11 Å². The molecule has 1 heterocycles. The van der Waals surface area contributed by atoms with E-state index < -0.39 is 6.10 Å². The van der Waals surface area contributed by atoms with Gasteiger partial charge in [0.15, 0.2) is 0 Å². The fraction of sp³-hybridized carbons (Fsp3) is 0.280. The molecular formula is C25H28Cl2N2O2. The minimum atomic E-state index is -0.536. The van der Waals surface area contributed by atoms with Gasteiger partial charge in [0, 0.05) is 49.0 Å². The van der Waals surface area contributed by atoms with E-state index >= 15 is 0 Å². The van der Waals surface area contributed by atoms with Crippen LogP contribution in [0.1, 0.15) is 0 Å². The Morgan fingerprint density at radius 2 is 1.58 bits per heavy atom. The molecule has 1 unspecified atom stereocenters. The van der Waals surface area contributed by atoms with Gasteiger partial charge < -0.3 is 14.7 Å². The summed E-state index contributed by atoms with van der Waals surface area (Å²) in [5.41, 5.74) is 3.31. The van der Waals surface area contributed by atoms with Crippen LogP contribution in [0.5, 0.6) is 5.75 Å². The van der Waals surface area contributed by atoms with Crippen molar-refractivity contribution in [2.75, 3.05) is 44.2 Å². The van der Waals surface area contributed by atoms with Crippen LogP contribution in [0.15, 0.2) is 78.9 Å². The summed E-state index contributed by atoms with van der Waals surface area (Å²) in [6.07, 6.45) is -0.536. The van der Waals surface area contributed by atoms with Crippen molar-refractivity contribution >= 4 is 29.7 Å². The fourth-order valence-corrected chi connectivity index (χ4v) is 4.03. The number of piperazine rings is 1. The molecule has 1 aliphatic heterocycles. The van der Waals surface area contributed by atoms with Crippen molar-refractivity contribution in [1.82, 2.24) is 4.90 Å². The first kappa shape index (κ1) is 23.4. The van der Waals surface area contributed by atoms with Crippen molar-refractivity contribution in [3.63, 3.8) is 0 Å². The predicted octanol–water partition coefficient (Wildman–Crippen LogP) is 4.99. The second-order valence-electron chi connectivity index (χ2n) is 7.59. The Labute approximate surface area is 195 Å². The molecule has 4 nitrogen and oxygen atoms in total. The van der Waals surface area contributed by atoms with E-state index in [0.717, 1.165) is 53.8 Å². The molecule has 0 radical (unpaired) electrons. The smallest absolute Gasteiger partial charge is 0.127 e. The van der Waals surface area contributed by atoms with E-state index in [1.165, 1.54) is 0 Å². The van der Waals surface area contributed by atoms with Gasteiger partial charge in [0.25, 0.3) is 0 Å². The van der Waals surface area contributed by atoms with Crippen LogP contribution in [-0.2, 0) is 0 Å². The van der Waals surface area contributed by atoms with Crippen LogP contribution >= 0.6 is 24.0 Å². The number of aliphatic hydroxyl groups is 1. The molecule has 1 fully saturated rings. The highest BCUT2D eigenvalue weighted by atomic mass is 35.5. The van der Waals surface area contributed by atoms with E-state index in [1.807, 2.05) is 60.7 Å². The van der Waals surface area contributed by atoms with Gasteiger partial charge in [0.1, 0.15) is 18.5 Å². The summed E-state index contributed by atoms with van der Waals surface area (Å²) in [7, 11) is 0. The zero-order valence-corrected chi connectivity index (χ0v) is 18.9. The Morgan fingerprint density at radius 1 is 0.871 bits per heavy atom. The molecule has 0 spiro atoms. The average molecular weight is 459 g/mol. The average Bonchev–Trinajstić information content (AvgIpc) is 2.79. The number of β-amino-alcohol motifs (C(OH)–C–C–N with tert-alkyl or cyclic N) is 1. The predicted molar refractivity (Wildman–Crippen MR) is 131 cm³/mol. The second-order valence-corrected chi connectivity index (χ2v) is 8.03. The molecule has 1 N–H and O–H groups in total. The number of aliphatic hydroxyl groups excluding tert-OH is 1. The van der Waals surface area contributed by atoms with Crippen LogP contribution in [0, 0.1) is 0 Å². The fourth-order valence-electron chi connectivity index (χ4n) is 3.85. The van der Waals surface area contributed by atoms with E-state index in [4.69, 9.17) is 16.3 Å². The number of anilines is 1. The Kier molecular flexibility index (Phi) is 8.61. The molecular weight excluding hydrogens is 431 g/mol. The van der Waals surface area contributed by atoms with E-state index in [-0.39, 0.29) is 19.0 Å². The Bertz CT molecular complexity index is 947. The van der Waals surface area contributed by atoms with Gasteiger partial charge in [-0.2, -0.15) is 0 Å². The molecule has 1 aliphatic rings. The van der Waals surface area contributed by atoms with Crippen molar-refractivity contribution in [3.8, 4) is 16.9 Å². The van der Waals surface area contributed by atoms with Crippen molar-refractivity contribution in [2.45, 2.75) is 6.10 Å². The molecule has 3 aromatic rings. The summed E-state index contributed by atoms with van der Waals surface area (Å²) in [6.45, 7) is 4.54. The molecule has 164 valence electrons. The van der Waals surface area contributed by atoms with Crippen molar-refractivity contribution in [1.29, 1.82) is 0 Å². The van der Waals surface area contributed by atoms with Crippen molar-refractivity contribution in [2.24, 2.45) is 0 Å². The number of benzene rings is 3. The molecule has 0 saturated carbocycles. The summed E-state index contributed by atoms with van der Waals surface area (Å²) >= 11 is 6.11.